The minimum atomic E-state index is -1.73. The van der Waals surface area contributed by atoms with Crippen LogP contribution < -0.4 is 4.90 Å². The average molecular weight is 401 g/mol. The first-order chi connectivity index (χ1) is 14.5. The number of nitriles is 1. The SMILES string of the molecule is Cn1cc(-c2ccc3c(c2)C(c2cc(N4CCC(F)(C#N)CC4)ncn2)=NC3)cn1. The average Bonchev–Trinajstić information content (AvgIpc) is 3.40. The molecule has 0 radical (unpaired) electrons. The number of aryl methyl sites for hydroxylation is 1. The second-order valence-corrected chi connectivity index (χ2v) is 7.77. The van der Waals surface area contributed by atoms with Crippen LogP contribution in [0.5, 0.6) is 0 Å². The molecule has 8 heteroatoms. The van der Waals surface area contributed by atoms with Gasteiger partial charge in [0.15, 0.2) is 5.67 Å². The van der Waals surface area contributed by atoms with E-state index in [2.05, 4.69) is 33.3 Å². The van der Waals surface area contributed by atoms with Crippen molar-refractivity contribution in [3.8, 4) is 17.2 Å². The molecular formula is C22H20FN7. The fourth-order valence-corrected chi connectivity index (χ4v) is 4.00. The van der Waals surface area contributed by atoms with Gasteiger partial charge in [0.05, 0.1) is 24.1 Å². The summed E-state index contributed by atoms with van der Waals surface area (Å²) in [5.74, 6) is 0.736. The van der Waals surface area contributed by atoms with Crippen molar-refractivity contribution in [2.75, 3.05) is 18.0 Å². The largest absolute Gasteiger partial charge is 0.356 e. The molecule has 0 atom stereocenters. The van der Waals surface area contributed by atoms with Gasteiger partial charge in [-0.15, -0.1) is 0 Å². The number of rotatable bonds is 3. The molecule has 150 valence electrons. The van der Waals surface area contributed by atoms with Crippen molar-refractivity contribution in [1.82, 2.24) is 19.7 Å². The van der Waals surface area contributed by atoms with Crippen LogP contribution in [0.25, 0.3) is 11.1 Å². The number of anilines is 1. The van der Waals surface area contributed by atoms with E-state index in [0.717, 1.165) is 39.5 Å². The first-order valence-corrected chi connectivity index (χ1v) is 9.89. The number of nitrogens with zero attached hydrogens (tertiary/aromatic N) is 7. The Labute approximate surface area is 173 Å². The van der Waals surface area contributed by atoms with Crippen molar-refractivity contribution >= 4 is 11.5 Å². The van der Waals surface area contributed by atoms with Crippen molar-refractivity contribution in [2.45, 2.75) is 25.1 Å². The van der Waals surface area contributed by atoms with Gasteiger partial charge < -0.3 is 4.90 Å². The van der Waals surface area contributed by atoms with Gasteiger partial charge in [-0.2, -0.15) is 10.4 Å². The molecule has 0 spiro atoms. The lowest BCUT2D eigenvalue weighted by Crippen LogP contribution is -2.41. The summed E-state index contributed by atoms with van der Waals surface area (Å²) in [5, 5.41) is 13.3. The molecule has 0 N–H and O–H groups in total. The summed E-state index contributed by atoms with van der Waals surface area (Å²) in [7, 11) is 1.90. The Morgan fingerprint density at radius 3 is 2.70 bits per heavy atom. The first-order valence-electron chi connectivity index (χ1n) is 9.89. The quantitative estimate of drug-likeness (QED) is 0.674. The van der Waals surface area contributed by atoms with E-state index in [9.17, 15) is 4.39 Å². The number of hydrogen-bond donors (Lipinski definition) is 0. The van der Waals surface area contributed by atoms with Gasteiger partial charge >= 0.3 is 0 Å². The molecule has 0 unspecified atom stereocenters. The molecular weight excluding hydrogens is 381 g/mol. The molecule has 0 saturated carbocycles. The predicted molar refractivity (Wildman–Crippen MR) is 111 cm³/mol. The summed E-state index contributed by atoms with van der Waals surface area (Å²) in [6, 6.07) is 10.0. The Morgan fingerprint density at radius 2 is 1.97 bits per heavy atom. The van der Waals surface area contributed by atoms with E-state index in [0.29, 0.717) is 19.6 Å². The highest BCUT2D eigenvalue weighted by molar-refractivity contribution is 6.14. The van der Waals surface area contributed by atoms with Gasteiger partial charge in [0.25, 0.3) is 0 Å². The lowest BCUT2D eigenvalue weighted by molar-refractivity contribution is 0.193. The Bertz CT molecular complexity index is 1180. The number of aromatic nitrogens is 4. The van der Waals surface area contributed by atoms with Crippen molar-refractivity contribution in [1.29, 1.82) is 5.26 Å². The van der Waals surface area contributed by atoms with E-state index < -0.39 is 5.67 Å². The summed E-state index contributed by atoms with van der Waals surface area (Å²) in [6.07, 6.45) is 5.72. The molecule has 30 heavy (non-hydrogen) atoms. The maximum atomic E-state index is 14.2. The zero-order valence-corrected chi connectivity index (χ0v) is 16.6. The molecule has 5 rings (SSSR count). The maximum absolute atomic E-state index is 14.2. The van der Waals surface area contributed by atoms with Crippen LogP contribution in [-0.2, 0) is 13.6 Å². The highest BCUT2D eigenvalue weighted by atomic mass is 19.1. The van der Waals surface area contributed by atoms with E-state index in [1.165, 1.54) is 6.33 Å². The van der Waals surface area contributed by atoms with E-state index in [1.807, 2.05) is 30.4 Å². The Balaban J connectivity index is 1.43. The molecule has 1 fully saturated rings. The monoisotopic (exact) mass is 401 g/mol. The zero-order chi connectivity index (χ0) is 20.7. The van der Waals surface area contributed by atoms with Gasteiger partial charge in [0.2, 0.25) is 0 Å². The van der Waals surface area contributed by atoms with Crippen LogP contribution in [0.1, 0.15) is 29.7 Å². The fraction of sp³-hybridized carbons (Fsp3) is 0.318. The van der Waals surface area contributed by atoms with Crippen LogP contribution in [-0.4, -0.2) is 44.2 Å². The normalized spacial score (nSPS) is 17.4. The number of hydrogen-bond acceptors (Lipinski definition) is 6. The van der Waals surface area contributed by atoms with E-state index in [1.54, 1.807) is 10.8 Å². The molecule has 1 aromatic carbocycles. The van der Waals surface area contributed by atoms with Crippen LogP contribution in [0.2, 0.25) is 0 Å². The number of aliphatic imine (C=N–C) groups is 1. The molecule has 0 bridgehead atoms. The van der Waals surface area contributed by atoms with Crippen molar-refractivity contribution in [3.05, 3.63) is 59.8 Å². The number of halogens is 1. The first kappa shape index (κ1) is 18.4. The van der Waals surface area contributed by atoms with Gasteiger partial charge in [0, 0.05) is 56.4 Å². The van der Waals surface area contributed by atoms with Gasteiger partial charge in [-0.3, -0.25) is 9.67 Å². The van der Waals surface area contributed by atoms with Crippen LogP contribution >= 0.6 is 0 Å². The van der Waals surface area contributed by atoms with Gasteiger partial charge in [-0.25, -0.2) is 14.4 Å². The maximum Gasteiger partial charge on any atom is 0.199 e. The van der Waals surface area contributed by atoms with Gasteiger partial charge in [-0.05, 0) is 17.2 Å². The molecule has 3 aromatic rings. The number of piperidine rings is 1. The van der Waals surface area contributed by atoms with Gasteiger partial charge in [0.1, 0.15) is 18.2 Å². The molecule has 0 aliphatic carbocycles. The minimum Gasteiger partial charge on any atom is -0.356 e. The predicted octanol–water partition coefficient (Wildman–Crippen LogP) is 3.06. The molecule has 2 aliphatic heterocycles. The van der Waals surface area contributed by atoms with Crippen LogP contribution in [0.15, 0.2) is 48.0 Å². The lowest BCUT2D eigenvalue weighted by atomic mass is 9.95. The third-order valence-corrected chi connectivity index (χ3v) is 5.79. The molecule has 2 aromatic heterocycles. The number of fused-ring (bicyclic) bond motifs is 1. The van der Waals surface area contributed by atoms with Crippen molar-refractivity contribution in [2.24, 2.45) is 12.0 Å². The topological polar surface area (TPSA) is 83.0 Å². The third-order valence-electron chi connectivity index (χ3n) is 5.79. The summed E-state index contributed by atoms with van der Waals surface area (Å²) >= 11 is 0. The van der Waals surface area contributed by atoms with Crippen LogP contribution in [0, 0.1) is 11.3 Å². The van der Waals surface area contributed by atoms with Gasteiger partial charge in [-0.1, -0.05) is 12.1 Å². The number of benzene rings is 1. The second kappa shape index (κ2) is 7.02. The zero-order valence-electron chi connectivity index (χ0n) is 16.6. The Morgan fingerprint density at radius 1 is 1.13 bits per heavy atom. The minimum absolute atomic E-state index is 0.182. The molecule has 0 amide bonds. The molecule has 7 nitrogen and oxygen atoms in total. The summed E-state index contributed by atoms with van der Waals surface area (Å²) in [4.78, 5) is 15.6. The highest BCUT2D eigenvalue weighted by Gasteiger charge is 2.35. The van der Waals surface area contributed by atoms with Crippen LogP contribution in [0.3, 0.4) is 0 Å². The standard InChI is InChI=1S/C22H20FN7/c1-29-12-17(11-28-29)15-2-3-16-10-25-21(18(16)8-15)19-9-20(27-14-26-19)30-6-4-22(23,13-24)5-7-30/h2-3,8-9,11-12,14H,4-7,10H2,1H3. The number of alkyl halides is 1. The molecule has 2 aliphatic rings. The summed E-state index contributed by atoms with van der Waals surface area (Å²) in [6.45, 7) is 1.52. The Kier molecular flexibility index (Phi) is 4.31. The molecule has 1 saturated heterocycles. The summed E-state index contributed by atoms with van der Waals surface area (Å²) < 4.78 is 16.0. The lowest BCUT2D eigenvalue weighted by Gasteiger charge is -2.33. The van der Waals surface area contributed by atoms with Crippen LogP contribution in [0.4, 0.5) is 10.2 Å². The third kappa shape index (κ3) is 3.22. The van der Waals surface area contributed by atoms with E-state index in [-0.39, 0.29) is 12.8 Å². The smallest absolute Gasteiger partial charge is 0.199 e. The second-order valence-electron chi connectivity index (χ2n) is 7.77. The van der Waals surface area contributed by atoms with Crippen molar-refractivity contribution in [3.63, 3.8) is 0 Å². The fourth-order valence-electron chi connectivity index (χ4n) is 4.00. The van der Waals surface area contributed by atoms with Crippen molar-refractivity contribution < 1.29 is 4.39 Å². The highest BCUT2D eigenvalue weighted by Crippen LogP contribution is 2.30. The Hall–Kier alpha value is -3.60. The van der Waals surface area contributed by atoms with E-state index >= 15 is 0 Å². The van der Waals surface area contributed by atoms with E-state index in [4.69, 9.17) is 10.3 Å². The summed E-state index contributed by atoms with van der Waals surface area (Å²) in [5.41, 5.74) is 4.21. The molecule has 4 heterocycles.